The highest BCUT2D eigenvalue weighted by atomic mass is 19.1. The summed E-state index contributed by atoms with van der Waals surface area (Å²) in [5, 5.41) is 3.75. The Bertz CT molecular complexity index is 476. The van der Waals surface area contributed by atoms with Crippen LogP contribution in [-0.2, 0) is 0 Å². The fraction of sp³-hybridized carbons (Fsp3) is 0.667. The molecule has 21 heavy (non-hydrogen) atoms. The predicted octanol–water partition coefficient (Wildman–Crippen LogP) is 3.15. The second-order valence-corrected chi connectivity index (χ2v) is 7.21. The average Bonchev–Trinajstić information content (AvgIpc) is 3.19. The first-order valence-corrected chi connectivity index (χ1v) is 8.51. The minimum Gasteiger partial charge on any atom is -0.314 e. The molecule has 1 unspecified atom stereocenters. The van der Waals surface area contributed by atoms with Gasteiger partial charge >= 0.3 is 0 Å². The molecule has 1 N–H and O–H groups in total. The molecule has 2 saturated carbocycles. The van der Waals surface area contributed by atoms with Crippen molar-refractivity contribution < 1.29 is 4.39 Å². The molecule has 1 aromatic carbocycles. The standard InChI is InChI=1S/C18H25FN2/c19-16-3-1-14(2-4-16)15-9-17(10-15)20-11-13-7-8-21(12-13)18-5-6-18/h1-4,13,15,17-18,20H,5-12H2. The molecule has 1 aromatic rings. The molecule has 114 valence electrons. The molecule has 0 amide bonds. The van der Waals surface area contributed by atoms with Crippen LogP contribution in [0.4, 0.5) is 4.39 Å². The van der Waals surface area contributed by atoms with Gasteiger partial charge in [0.25, 0.3) is 0 Å². The van der Waals surface area contributed by atoms with Crippen LogP contribution in [0.3, 0.4) is 0 Å². The van der Waals surface area contributed by atoms with E-state index in [4.69, 9.17) is 0 Å². The lowest BCUT2D eigenvalue weighted by molar-refractivity contribution is 0.267. The van der Waals surface area contributed by atoms with Crippen molar-refractivity contribution in [2.75, 3.05) is 19.6 Å². The molecular formula is C18H25FN2. The summed E-state index contributed by atoms with van der Waals surface area (Å²) in [6.07, 6.45) is 6.66. The minimum atomic E-state index is -0.130. The lowest BCUT2D eigenvalue weighted by atomic mass is 9.76. The van der Waals surface area contributed by atoms with Gasteiger partial charge in [0, 0.05) is 18.6 Å². The maximum atomic E-state index is 12.9. The van der Waals surface area contributed by atoms with E-state index in [0.29, 0.717) is 12.0 Å². The molecule has 3 aliphatic rings. The Labute approximate surface area is 126 Å². The summed E-state index contributed by atoms with van der Waals surface area (Å²) in [6, 6.07) is 8.67. The lowest BCUT2D eigenvalue weighted by Crippen LogP contribution is -2.42. The van der Waals surface area contributed by atoms with Crippen molar-refractivity contribution in [3.63, 3.8) is 0 Å². The first-order chi connectivity index (χ1) is 10.3. The number of nitrogens with zero attached hydrogens (tertiary/aromatic N) is 1. The molecule has 0 radical (unpaired) electrons. The van der Waals surface area contributed by atoms with Gasteiger partial charge in [-0.3, -0.25) is 0 Å². The van der Waals surface area contributed by atoms with E-state index >= 15 is 0 Å². The maximum Gasteiger partial charge on any atom is 0.123 e. The van der Waals surface area contributed by atoms with Crippen LogP contribution in [0.1, 0.15) is 43.6 Å². The summed E-state index contributed by atoms with van der Waals surface area (Å²) in [4.78, 5) is 2.69. The Hall–Kier alpha value is -0.930. The molecule has 4 rings (SSSR count). The quantitative estimate of drug-likeness (QED) is 0.895. The first kappa shape index (κ1) is 13.7. The maximum absolute atomic E-state index is 12.9. The van der Waals surface area contributed by atoms with Crippen molar-refractivity contribution in [2.24, 2.45) is 5.92 Å². The van der Waals surface area contributed by atoms with Crippen LogP contribution in [0.25, 0.3) is 0 Å². The van der Waals surface area contributed by atoms with Crippen LogP contribution in [0.2, 0.25) is 0 Å². The Morgan fingerprint density at radius 2 is 1.86 bits per heavy atom. The molecule has 2 nitrogen and oxygen atoms in total. The lowest BCUT2D eigenvalue weighted by Gasteiger charge is -2.37. The fourth-order valence-electron chi connectivity index (χ4n) is 3.93. The van der Waals surface area contributed by atoms with Gasteiger partial charge in [-0.1, -0.05) is 12.1 Å². The monoisotopic (exact) mass is 288 g/mol. The van der Waals surface area contributed by atoms with Crippen LogP contribution < -0.4 is 5.32 Å². The van der Waals surface area contributed by atoms with E-state index < -0.39 is 0 Å². The molecule has 2 aliphatic carbocycles. The summed E-state index contributed by atoms with van der Waals surface area (Å²) >= 11 is 0. The third-order valence-corrected chi connectivity index (χ3v) is 5.56. The zero-order chi connectivity index (χ0) is 14.2. The van der Waals surface area contributed by atoms with Crippen molar-refractivity contribution in [3.8, 4) is 0 Å². The van der Waals surface area contributed by atoms with Gasteiger partial charge < -0.3 is 10.2 Å². The fourth-order valence-corrected chi connectivity index (χ4v) is 3.93. The summed E-state index contributed by atoms with van der Waals surface area (Å²) in [6.45, 7) is 3.82. The Balaban J connectivity index is 1.18. The molecular weight excluding hydrogens is 263 g/mol. The highest BCUT2D eigenvalue weighted by Crippen LogP contribution is 2.37. The molecule has 1 aliphatic heterocycles. The highest BCUT2D eigenvalue weighted by molar-refractivity contribution is 5.23. The van der Waals surface area contributed by atoms with Crippen LogP contribution in [0, 0.1) is 11.7 Å². The van der Waals surface area contributed by atoms with Gasteiger partial charge in [-0.2, -0.15) is 0 Å². The van der Waals surface area contributed by atoms with E-state index in [1.807, 2.05) is 12.1 Å². The van der Waals surface area contributed by atoms with Crippen molar-refractivity contribution in [1.29, 1.82) is 0 Å². The molecule has 1 atom stereocenters. The van der Waals surface area contributed by atoms with E-state index in [-0.39, 0.29) is 5.82 Å². The number of hydrogen-bond acceptors (Lipinski definition) is 2. The number of benzene rings is 1. The predicted molar refractivity (Wildman–Crippen MR) is 82.9 cm³/mol. The zero-order valence-corrected chi connectivity index (χ0v) is 12.6. The number of halogens is 1. The smallest absolute Gasteiger partial charge is 0.123 e. The minimum absolute atomic E-state index is 0.130. The molecule has 0 spiro atoms. The van der Waals surface area contributed by atoms with Gasteiger partial charge in [0.2, 0.25) is 0 Å². The number of likely N-dealkylation sites (tertiary alicyclic amines) is 1. The third-order valence-electron chi connectivity index (χ3n) is 5.56. The number of nitrogens with one attached hydrogen (secondary N) is 1. The van der Waals surface area contributed by atoms with Crippen LogP contribution in [-0.4, -0.2) is 36.6 Å². The molecule has 0 aromatic heterocycles. The van der Waals surface area contributed by atoms with Crippen molar-refractivity contribution in [1.82, 2.24) is 10.2 Å². The summed E-state index contributed by atoms with van der Waals surface area (Å²) in [5.41, 5.74) is 1.30. The van der Waals surface area contributed by atoms with E-state index in [1.165, 1.54) is 57.3 Å². The van der Waals surface area contributed by atoms with Gasteiger partial charge in [-0.25, -0.2) is 4.39 Å². The number of rotatable bonds is 5. The molecule has 1 saturated heterocycles. The second-order valence-electron chi connectivity index (χ2n) is 7.21. The van der Waals surface area contributed by atoms with Crippen molar-refractivity contribution in [3.05, 3.63) is 35.6 Å². The van der Waals surface area contributed by atoms with E-state index in [1.54, 1.807) is 12.1 Å². The van der Waals surface area contributed by atoms with Crippen LogP contribution in [0.5, 0.6) is 0 Å². The second kappa shape index (κ2) is 5.69. The van der Waals surface area contributed by atoms with E-state index in [9.17, 15) is 4.39 Å². The third kappa shape index (κ3) is 3.14. The highest BCUT2D eigenvalue weighted by Gasteiger charge is 2.35. The zero-order valence-electron chi connectivity index (χ0n) is 12.6. The topological polar surface area (TPSA) is 15.3 Å². The molecule has 3 heteroatoms. The van der Waals surface area contributed by atoms with Gasteiger partial charge in [-0.15, -0.1) is 0 Å². The SMILES string of the molecule is Fc1ccc(C2CC(NCC3CCN(C4CC4)C3)C2)cc1. The Morgan fingerprint density at radius 1 is 1.10 bits per heavy atom. The first-order valence-electron chi connectivity index (χ1n) is 8.51. The van der Waals surface area contributed by atoms with E-state index in [0.717, 1.165) is 12.0 Å². The van der Waals surface area contributed by atoms with Gasteiger partial charge in [0.05, 0.1) is 0 Å². The Kier molecular flexibility index (Phi) is 3.72. The van der Waals surface area contributed by atoms with Crippen molar-refractivity contribution >= 4 is 0 Å². The van der Waals surface area contributed by atoms with Crippen molar-refractivity contribution in [2.45, 2.75) is 50.1 Å². The van der Waals surface area contributed by atoms with Crippen LogP contribution in [0.15, 0.2) is 24.3 Å². The van der Waals surface area contributed by atoms with Gasteiger partial charge in [0.15, 0.2) is 0 Å². The average molecular weight is 288 g/mol. The molecule has 3 fully saturated rings. The summed E-state index contributed by atoms with van der Waals surface area (Å²) in [7, 11) is 0. The number of hydrogen-bond donors (Lipinski definition) is 1. The molecule has 0 bridgehead atoms. The van der Waals surface area contributed by atoms with E-state index in [2.05, 4.69) is 10.2 Å². The molecule has 1 heterocycles. The summed E-state index contributed by atoms with van der Waals surface area (Å²) < 4.78 is 12.9. The summed E-state index contributed by atoms with van der Waals surface area (Å²) in [5.74, 6) is 1.36. The van der Waals surface area contributed by atoms with Crippen LogP contribution >= 0.6 is 0 Å². The van der Waals surface area contributed by atoms with Gasteiger partial charge in [-0.05, 0) is 74.7 Å². The largest absolute Gasteiger partial charge is 0.314 e. The van der Waals surface area contributed by atoms with Gasteiger partial charge in [0.1, 0.15) is 5.82 Å². The Morgan fingerprint density at radius 3 is 2.57 bits per heavy atom. The normalized spacial score (nSPS) is 33.1.